The van der Waals surface area contributed by atoms with Gasteiger partial charge in [-0.15, -0.1) is 0 Å². The predicted octanol–water partition coefficient (Wildman–Crippen LogP) is 5.18. The van der Waals surface area contributed by atoms with Crippen LogP contribution < -0.4 is 4.90 Å². The number of anilines is 2. The van der Waals surface area contributed by atoms with Gasteiger partial charge in [-0.3, -0.25) is 0 Å². The topological polar surface area (TPSA) is 53.4 Å². The van der Waals surface area contributed by atoms with Gasteiger partial charge >= 0.3 is 5.97 Å². The summed E-state index contributed by atoms with van der Waals surface area (Å²) < 4.78 is 0. The maximum absolute atomic E-state index is 11.1. The second-order valence-corrected chi connectivity index (χ2v) is 7.97. The van der Waals surface area contributed by atoms with Gasteiger partial charge in [0.05, 0.1) is 5.56 Å². The van der Waals surface area contributed by atoms with E-state index < -0.39 is 5.97 Å². The van der Waals surface area contributed by atoms with Gasteiger partial charge in [0, 0.05) is 18.4 Å². The molecule has 2 aromatic rings. The second kappa shape index (κ2) is 7.26. The van der Waals surface area contributed by atoms with E-state index in [1.54, 1.807) is 12.1 Å². The molecular weight excluding hydrogens is 312 g/mol. The summed E-state index contributed by atoms with van der Waals surface area (Å²) >= 11 is 0. The Morgan fingerprint density at radius 3 is 2.36 bits per heavy atom. The van der Waals surface area contributed by atoms with E-state index in [2.05, 4.69) is 69.6 Å². The number of rotatable bonds is 5. The maximum Gasteiger partial charge on any atom is 0.337 e. The zero-order valence-electron chi connectivity index (χ0n) is 16.0. The smallest absolute Gasteiger partial charge is 0.337 e. The van der Waals surface area contributed by atoms with Crippen LogP contribution in [0.2, 0.25) is 0 Å². The van der Waals surface area contributed by atoms with Crippen LogP contribution >= 0.6 is 0 Å². The minimum absolute atomic E-state index is 0.0620. The van der Waals surface area contributed by atoms with Crippen LogP contribution in [0, 0.1) is 12.8 Å². The van der Waals surface area contributed by atoms with Gasteiger partial charge in [-0.1, -0.05) is 46.8 Å². The number of aromatic nitrogens is 1. The summed E-state index contributed by atoms with van der Waals surface area (Å²) in [7, 11) is 0. The van der Waals surface area contributed by atoms with E-state index in [9.17, 15) is 4.79 Å². The molecule has 0 radical (unpaired) electrons. The Hall–Kier alpha value is -2.36. The van der Waals surface area contributed by atoms with E-state index in [0.717, 1.165) is 18.1 Å². The fourth-order valence-electron chi connectivity index (χ4n) is 2.72. The van der Waals surface area contributed by atoms with Crippen LogP contribution in [0.4, 0.5) is 11.5 Å². The Morgan fingerprint density at radius 1 is 1.20 bits per heavy atom. The van der Waals surface area contributed by atoms with E-state index in [4.69, 9.17) is 5.11 Å². The fraction of sp³-hybridized carbons (Fsp3) is 0.429. The third kappa shape index (κ3) is 4.59. The number of aromatic carboxylic acids is 1. The van der Waals surface area contributed by atoms with Crippen molar-refractivity contribution in [2.45, 2.75) is 47.0 Å². The molecule has 0 unspecified atom stereocenters. The number of carboxylic acids is 1. The van der Waals surface area contributed by atoms with Crippen molar-refractivity contribution in [2.75, 3.05) is 11.4 Å². The molecule has 0 amide bonds. The van der Waals surface area contributed by atoms with Crippen LogP contribution in [-0.4, -0.2) is 22.6 Å². The van der Waals surface area contributed by atoms with Gasteiger partial charge in [0.25, 0.3) is 0 Å². The highest BCUT2D eigenvalue weighted by molar-refractivity contribution is 5.87. The molecule has 1 heterocycles. The van der Waals surface area contributed by atoms with E-state index in [1.165, 1.54) is 17.3 Å². The molecule has 1 aromatic carbocycles. The second-order valence-electron chi connectivity index (χ2n) is 7.97. The molecule has 0 aliphatic rings. The van der Waals surface area contributed by atoms with Crippen LogP contribution in [0.1, 0.15) is 56.1 Å². The number of benzene rings is 1. The lowest BCUT2D eigenvalue weighted by Crippen LogP contribution is -2.25. The van der Waals surface area contributed by atoms with Crippen LogP contribution in [0.3, 0.4) is 0 Å². The normalized spacial score (nSPS) is 11.6. The molecule has 25 heavy (non-hydrogen) atoms. The minimum atomic E-state index is -0.958. The summed E-state index contributed by atoms with van der Waals surface area (Å²) in [6.07, 6.45) is 1.42. The molecule has 0 spiro atoms. The lowest BCUT2D eigenvalue weighted by molar-refractivity contribution is 0.0696. The Kier molecular flexibility index (Phi) is 5.51. The predicted molar refractivity (Wildman–Crippen MR) is 103 cm³/mol. The monoisotopic (exact) mass is 340 g/mol. The van der Waals surface area contributed by atoms with Gasteiger partial charge in [0.1, 0.15) is 5.82 Å². The van der Waals surface area contributed by atoms with Gasteiger partial charge in [0.15, 0.2) is 0 Å². The summed E-state index contributed by atoms with van der Waals surface area (Å²) in [4.78, 5) is 17.7. The van der Waals surface area contributed by atoms with E-state index in [-0.39, 0.29) is 11.0 Å². The molecule has 0 fully saturated rings. The van der Waals surface area contributed by atoms with Gasteiger partial charge < -0.3 is 10.0 Å². The van der Waals surface area contributed by atoms with E-state index in [0.29, 0.717) is 5.92 Å². The largest absolute Gasteiger partial charge is 0.478 e. The maximum atomic E-state index is 11.1. The zero-order valence-corrected chi connectivity index (χ0v) is 16.0. The molecule has 134 valence electrons. The Labute approximate surface area is 150 Å². The van der Waals surface area contributed by atoms with Crippen molar-refractivity contribution < 1.29 is 9.90 Å². The SMILES string of the molecule is Cc1ccc(C(C)(C)C)cc1N(CC(C)C)c1ccc(C(=O)O)cn1. The first kappa shape index (κ1) is 19.0. The number of hydrogen-bond acceptors (Lipinski definition) is 3. The zero-order chi connectivity index (χ0) is 18.8. The summed E-state index contributed by atoms with van der Waals surface area (Å²) in [6.45, 7) is 13.9. The number of carboxylic acid groups (broad SMARTS) is 1. The standard InChI is InChI=1S/C21H28N2O2/c1-14(2)13-23(19-10-8-16(12-22-19)20(24)25)18-11-17(21(4,5)6)9-7-15(18)3/h7-12,14H,13H2,1-6H3,(H,24,25). The summed E-state index contributed by atoms with van der Waals surface area (Å²) in [5.41, 5.74) is 3.83. The molecule has 0 saturated carbocycles. The van der Waals surface area contributed by atoms with Crippen molar-refractivity contribution in [1.82, 2.24) is 4.98 Å². The molecule has 4 heteroatoms. The van der Waals surface area contributed by atoms with Crippen LogP contribution in [0.25, 0.3) is 0 Å². The number of aryl methyl sites for hydroxylation is 1. The lowest BCUT2D eigenvalue weighted by atomic mass is 9.86. The summed E-state index contributed by atoms with van der Waals surface area (Å²) in [5.74, 6) is 0.256. The van der Waals surface area contributed by atoms with Crippen molar-refractivity contribution in [2.24, 2.45) is 5.92 Å². The van der Waals surface area contributed by atoms with Crippen LogP contribution in [0.5, 0.6) is 0 Å². The van der Waals surface area contributed by atoms with Gasteiger partial charge in [-0.2, -0.15) is 0 Å². The van der Waals surface area contributed by atoms with Crippen LogP contribution in [0.15, 0.2) is 36.5 Å². The average Bonchev–Trinajstić information content (AvgIpc) is 2.52. The van der Waals surface area contributed by atoms with Crippen molar-refractivity contribution >= 4 is 17.5 Å². The van der Waals surface area contributed by atoms with Crippen molar-refractivity contribution in [3.63, 3.8) is 0 Å². The van der Waals surface area contributed by atoms with Crippen molar-refractivity contribution in [1.29, 1.82) is 0 Å². The first-order valence-corrected chi connectivity index (χ1v) is 8.67. The van der Waals surface area contributed by atoms with E-state index >= 15 is 0 Å². The molecule has 1 N–H and O–H groups in total. The fourth-order valence-corrected chi connectivity index (χ4v) is 2.72. The van der Waals surface area contributed by atoms with E-state index in [1.807, 2.05) is 0 Å². The Bertz CT molecular complexity index is 743. The highest BCUT2D eigenvalue weighted by atomic mass is 16.4. The first-order chi connectivity index (χ1) is 11.6. The number of pyridine rings is 1. The third-order valence-electron chi connectivity index (χ3n) is 4.19. The van der Waals surface area contributed by atoms with Crippen molar-refractivity contribution in [3.05, 3.63) is 53.2 Å². The third-order valence-corrected chi connectivity index (χ3v) is 4.19. The molecule has 0 aliphatic heterocycles. The quantitative estimate of drug-likeness (QED) is 0.815. The molecule has 1 aromatic heterocycles. The lowest BCUT2D eigenvalue weighted by Gasteiger charge is -2.29. The number of carbonyl (C=O) groups is 1. The molecule has 2 rings (SSSR count). The number of hydrogen-bond donors (Lipinski definition) is 1. The first-order valence-electron chi connectivity index (χ1n) is 8.67. The molecule has 0 aliphatic carbocycles. The summed E-state index contributed by atoms with van der Waals surface area (Å²) in [5, 5.41) is 9.09. The van der Waals surface area contributed by atoms with Gasteiger partial charge in [0.2, 0.25) is 0 Å². The van der Waals surface area contributed by atoms with Crippen LogP contribution in [-0.2, 0) is 5.41 Å². The molecular formula is C21H28N2O2. The van der Waals surface area contributed by atoms with Crippen molar-refractivity contribution in [3.8, 4) is 0 Å². The molecule has 0 bridgehead atoms. The average molecular weight is 340 g/mol. The number of nitrogens with zero attached hydrogens (tertiary/aromatic N) is 2. The van der Waals surface area contributed by atoms with Gasteiger partial charge in [-0.25, -0.2) is 9.78 Å². The molecule has 4 nitrogen and oxygen atoms in total. The molecule has 0 atom stereocenters. The highest BCUT2D eigenvalue weighted by Gasteiger charge is 2.19. The Balaban J connectivity index is 2.52. The molecule has 0 saturated heterocycles. The summed E-state index contributed by atoms with van der Waals surface area (Å²) in [6, 6.07) is 9.95. The van der Waals surface area contributed by atoms with Gasteiger partial charge in [-0.05, 0) is 47.6 Å². The Morgan fingerprint density at radius 2 is 1.88 bits per heavy atom. The minimum Gasteiger partial charge on any atom is -0.478 e. The highest BCUT2D eigenvalue weighted by Crippen LogP contribution is 2.33.